The van der Waals surface area contributed by atoms with Crippen LogP contribution in [0.25, 0.3) is 0 Å². The molecule has 1 heteroatoms. The van der Waals surface area contributed by atoms with Crippen molar-refractivity contribution >= 4 is 0 Å². The number of rotatable bonds is 2. The molecule has 1 aliphatic rings. The number of hydrogen-bond acceptors (Lipinski definition) is 1. The third-order valence-corrected chi connectivity index (χ3v) is 3.37. The Balaban J connectivity index is 2.57. The molecule has 0 aromatic heterocycles. The fraction of sp³-hybridized carbons (Fsp3) is 0.833. The van der Waals surface area contributed by atoms with Gasteiger partial charge in [-0.25, -0.2) is 0 Å². The summed E-state index contributed by atoms with van der Waals surface area (Å²) in [5, 5.41) is 9.91. The van der Waals surface area contributed by atoms with Crippen LogP contribution < -0.4 is 0 Å². The quantitative estimate of drug-likeness (QED) is 0.650. The van der Waals surface area contributed by atoms with Crippen LogP contribution in [0.3, 0.4) is 0 Å². The second-order valence-corrected chi connectivity index (χ2v) is 5.06. The second-order valence-electron chi connectivity index (χ2n) is 5.06. The standard InChI is InChI=1S/C12H22O/c1-9(2)10-6-5-7-11(8-10)12(3,4)13/h10-11,13H,1,5-8H2,2-4H3. The van der Waals surface area contributed by atoms with Crippen molar-refractivity contribution in [1.29, 1.82) is 0 Å². The van der Waals surface area contributed by atoms with Gasteiger partial charge in [-0.15, -0.1) is 0 Å². The molecule has 2 unspecified atom stereocenters. The van der Waals surface area contributed by atoms with Crippen molar-refractivity contribution in [3.63, 3.8) is 0 Å². The average Bonchev–Trinajstić information content (AvgIpc) is 2.03. The summed E-state index contributed by atoms with van der Waals surface area (Å²) < 4.78 is 0. The van der Waals surface area contributed by atoms with Crippen LogP contribution in [0.2, 0.25) is 0 Å². The van der Waals surface area contributed by atoms with Gasteiger partial charge in [-0.3, -0.25) is 0 Å². The summed E-state index contributed by atoms with van der Waals surface area (Å²) in [5.74, 6) is 1.10. The molecule has 0 aromatic carbocycles. The van der Waals surface area contributed by atoms with Gasteiger partial charge in [0.05, 0.1) is 5.60 Å². The van der Waals surface area contributed by atoms with E-state index in [0.717, 1.165) is 6.42 Å². The molecule has 1 saturated carbocycles. The highest BCUT2D eigenvalue weighted by molar-refractivity contribution is 5.00. The van der Waals surface area contributed by atoms with E-state index in [0.29, 0.717) is 11.8 Å². The summed E-state index contributed by atoms with van der Waals surface area (Å²) in [6.45, 7) is 9.98. The number of allylic oxidation sites excluding steroid dienone is 1. The maximum Gasteiger partial charge on any atom is 0.0620 e. The molecule has 0 amide bonds. The van der Waals surface area contributed by atoms with Gasteiger partial charge in [0.25, 0.3) is 0 Å². The molecule has 0 radical (unpaired) electrons. The van der Waals surface area contributed by atoms with E-state index in [2.05, 4.69) is 13.5 Å². The minimum absolute atomic E-state index is 0.461. The molecule has 1 aliphatic carbocycles. The molecule has 0 aliphatic heterocycles. The molecule has 13 heavy (non-hydrogen) atoms. The molecule has 0 bridgehead atoms. The molecule has 0 heterocycles. The van der Waals surface area contributed by atoms with Gasteiger partial charge < -0.3 is 5.11 Å². The van der Waals surface area contributed by atoms with E-state index in [1.54, 1.807) is 0 Å². The zero-order valence-corrected chi connectivity index (χ0v) is 9.14. The van der Waals surface area contributed by atoms with E-state index >= 15 is 0 Å². The molecule has 1 rings (SSSR count). The van der Waals surface area contributed by atoms with Gasteiger partial charge >= 0.3 is 0 Å². The third-order valence-electron chi connectivity index (χ3n) is 3.37. The molecule has 1 N–H and O–H groups in total. The van der Waals surface area contributed by atoms with Crippen molar-refractivity contribution in [2.24, 2.45) is 11.8 Å². The van der Waals surface area contributed by atoms with Gasteiger partial charge in [-0.05, 0) is 51.9 Å². The average molecular weight is 182 g/mol. The second kappa shape index (κ2) is 3.83. The molecule has 76 valence electrons. The minimum atomic E-state index is -0.506. The van der Waals surface area contributed by atoms with Crippen molar-refractivity contribution in [1.82, 2.24) is 0 Å². The normalized spacial score (nSPS) is 30.2. The fourth-order valence-corrected chi connectivity index (χ4v) is 2.28. The first-order valence-electron chi connectivity index (χ1n) is 5.29. The van der Waals surface area contributed by atoms with Crippen LogP contribution in [-0.4, -0.2) is 10.7 Å². The lowest BCUT2D eigenvalue weighted by Gasteiger charge is -2.36. The molecule has 1 fully saturated rings. The van der Waals surface area contributed by atoms with E-state index < -0.39 is 5.60 Å². The summed E-state index contributed by atoms with van der Waals surface area (Å²) >= 11 is 0. The first kappa shape index (κ1) is 10.8. The Bertz CT molecular complexity index is 188. The van der Waals surface area contributed by atoms with Crippen molar-refractivity contribution in [3.05, 3.63) is 12.2 Å². The van der Waals surface area contributed by atoms with Gasteiger partial charge in [0.1, 0.15) is 0 Å². The van der Waals surface area contributed by atoms with Crippen LogP contribution in [0.4, 0.5) is 0 Å². The Kier molecular flexibility index (Phi) is 3.18. The van der Waals surface area contributed by atoms with Gasteiger partial charge in [-0.1, -0.05) is 18.6 Å². The van der Waals surface area contributed by atoms with E-state index in [-0.39, 0.29) is 0 Å². The number of aliphatic hydroxyl groups is 1. The summed E-state index contributed by atoms with van der Waals surface area (Å²) in [7, 11) is 0. The topological polar surface area (TPSA) is 20.2 Å². The molecule has 0 saturated heterocycles. The summed E-state index contributed by atoms with van der Waals surface area (Å²) in [5.41, 5.74) is 0.780. The lowest BCUT2D eigenvalue weighted by molar-refractivity contribution is -0.00623. The Morgan fingerprint density at radius 1 is 1.38 bits per heavy atom. The van der Waals surface area contributed by atoms with Crippen molar-refractivity contribution in [2.75, 3.05) is 0 Å². The fourth-order valence-electron chi connectivity index (χ4n) is 2.28. The molecular formula is C12H22O. The predicted octanol–water partition coefficient (Wildman–Crippen LogP) is 3.14. The lowest BCUT2D eigenvalue weighted by Crippen LogP contribution is -2.34. The molecular weight excluding hydrogens is 160 g/mol. The zero-order chi connectivity index (χ0) is 10.1. The summed E-state index contributed by atoms with van der Waals surface area (Å²) in [6.07, 6.45) is 4.81. The number of hydrogen-bond donors (Lipinski definition) is 1. The van der Waals surface area contributed by atoms with Crippen LogP contribution in [-0.2, 0) is 0 Å². The molecule has 0 spiro atoms. The van der Waals surface area contributed by atoms with Crippen LogP contribution >= 0.6 is 0 Å². The molecule has 2 atom stereocenters. The minimum Gasteiger partial charge on any atom is -0.390 e. The van der Waals surface area contributed by atoms with Gasteiger partial charge in [0.15, 0.2) is 0 Å². The van der Waals surface area contributed by atoms with E-state index in [9.17, 15) is 5.11 Å². The highest BCUT2D eigenvalue weighted by Gasteiger charge is 2.32. The van der Waals surface area contributed by atoms with Crippen LogP contribution in [0.5, 0.6) is 0 Å². The Morgan fingerprint density at radius 2 is 2.00 bits per heavy atom. The molecule has 0 aromatic rings. The summed E-state index contributed by atoms with van der Waals surface area (Å²) in [4.78, 5) is 0. The smallest absolute Gasteiger partial charge is 0.0620 e. The van der Waals surface area contributed by atoms with E-state index in [1.165, 1.54) is 24.8 Å². The Hall–Kier alpha value is -0.300. The van der Waals surface area contributed by atoms with Gasteiger partial charge in [0.2, 0.25) is 0 Å². The van der Waals surface area contributed by atoms with Crippen molar-refractivity contribution < 1.29 is 5.11 Å². The van der Waals surface area contributed by atoms with E-state index in [4.69, 9.17) is 0 Å². The lowest BCUT2D eigenvalue weighted by atomic mass is 9.72. The largest absolute Gasteiger partial charge is 0.390 e. The maximum atomic E-state index is 9.91. The maximum absolute atomic E-state index is 9.91. The first-order chi connectivity index (χ1) is 5.91. The monoisotopic (exact) mass is 182 g/mol. The highest BCUT2D eigenvalue weighted by Crippen LogP contribution is 2.38. The van der Waals surface area contributed by atoms with Gasteiger partial charge in [0, 0.05) is 0 Å². The van der Waals surface area contributed by atoms with Crippen LogP contribution in [0, 0.1) is 11.8 Å². The Morgan fingerprint density at radius 3 is 2.46 bits per heavy atom. The van der Waals surface area contributed by atoms with Crippen LogP contribution in [0.15, 0.2) is 12.2 Å². The first-order valence-corrected chi connectivity index (χ1v) is 5.29. The third kappa shape index (κ3) is 2.84. The van der Waals surface area contributed by atoms with Crippen molar-refractivity contribution in [2.45, 2.75) is 52.1 Å². The summed E-state index contributed by atoms with van der Waals surface area (Å²) in [6, 6.07) is 0. The SMILES string of the molecule is C=C(C)C1CCCC(C(C)(C)O)C1. The van der Waals surface area contributed by atoms with Crippen molar-refractivity contribution in [3.8, 4) is 0 Å². The Labute approximate surface area is 81.9 Å². The van der Waals surface area contributed by atoms with E-state index in [1.807, 2.05) is 13.8 Å². The van der Waals surface area contributed by atoms with Crippen LogP contribution in [0.1, 0.15) is 46.5 Å². The van der Waals surface area contributed by atoms with Gasteiger partial charge in [-0.2, -0.15) is 0 Å². The molecule has 1 nitrogen and oxygen atoms in total. The predicted molar refractivity (Wildman–Crippen MR) is 56.6 cm³/mol. The zero-order valence-electron chi connectivity index (χ0n) is 9.14. The highest BCUT2D eigenvalue weighted by atomic mass is 16.3.